The van der Waals surface area contributed by atoms with Crippen molar-refractivity contribution in [1.82, 2.24) is 4.90 Å². The number of benzene rings is 3. The number of carbonyl (C=O) groups excluding carboxylic acids is 3. The third-order valence-electron chi connectivity index (χ3n) is 7.16. The van der Waals surface area contributed by atoms with Crippen LogP contribution in [-0.4, -0.2) is 33.5 Å². The molecule has 3 heterocycles. The van der Waals surface area contributed by atoms with E-state index in [1.807, 2.05) is 30.3 Å². The first-order valence-corrected chi connectivity index (χ1v) is 12.1. The maximum atomic E-state index is 13.9. The number of Topliss-reactive ketones (excluding diaryl/α,β-unsaturated/α-hetero) is 1. The standard InChI is InChI=1S/C27H18BrN3O5/c28-17-8-10-18(11-9-17)30-26(33)21-22(27(30)34)24(25(32)16-5-3-6-19(14-16)31(35)36)29-13-12-15-4-1-2-7-20(15)23(21)29/h1-14,21-24H/t21-,22-,23+,24+/m1/s1. The van der Waals surface area contributed by atoms with Crippen molar-refractivity contribution in [3.63, 3.8) is 0 Å². The quantitative estimate of drug-likeness (QED) is 0.203. The number of ketones is 1. The summed E-state index contributed by atoms with van der Waals surface area (Å²) in [5, 5.41) is 11.3. The molecule has 178 valence electrons. The number of carbonyl (C=O) groups is 3. The van der Waals surface area contributed by atoms with Crippen LogP contribution in [-0.2, 0) is 9.59 Å². The number of nitro benzene ring substituents is 1. The van der Waals surface area contributed by atoms with Gasteiger partial charge in [0, 0.05) is 28.4 Å². The summed E-state index contributed by atoms with van der Waals surface area (Å²) in [7, 11) is 0. The summed E-state index contributed by atoms with van der Waals surface area (Å²) in [6.45, 7) is 0. The van der Waals surface area contributed by atoms with Crippen LogP contribution in [0.3, 0.4) is 0 Å². The lowest BCUT2D eigenvalue weighted by Gasteiger charge is -2.35. The van der Waals surface area contributed by atoms with E-state index in [9.17, 15) is 24.5 Å². The molecule has 6 rings (SSSR count). The zero-order valence-electron chi connectivity index (χ0n) is 18.7. The van der Waals surface area contributed by atoms with Gasteiger partial charge < -0.3 is 4.90 Å². The fraction of sp³-hybridized carbons (Fsp3) is 0.148. The molecule has 0 bridgehead atoms. The molecule has 9 heteroatoms. The van der Waals surface area contributed by atoms with Crippen molar-refractivity contribution in [2.75, 3.05) is 4.90 Å². The molecule has 2 saturated heterocycles. The summed E-state index contributed by atoms with van der Waals surface area (Å²) in [5.74, 6) is -2.95. The molecular weight excluding hydrogens is 526 g/mol. The number of fused-ring (bicyclic) bond motifs is 5. The number of imide groups is 1. The van der Waals surface area contributed by atoms with Crippen molar-refractivity contribution in [2.45, 2.75) is 12.1 Å². The topological polar surface area (TPSA) is 101 Å². The van der Waals surface area contributed by atoms with Crippen LogP contribution in [0.1, 0.15) is 27.5 Å². The smallest absolute Gasteiger partial charge is 0.270 e. The number of rotatable bonds is 4. The Balaban J connectivity index is 1.49. The Morgan fingerprint density at radius 2 is 1.64 bits per heavy atom. The highest BCUT2D eigenvalue weighted by molar-refractivity contribution is 9.10. The summed E-state index contributed by atoms with van der Waals surface area (Å²) in [6, 6.07) is 18.5. The number of halogens is 1. The molecule has 0 spiro atoms. The number of amides is 2. The van der Waals surface area contributed by atoms with Gasteiger partial charge >= 0.3 is 0 Å². The van der Waals surface area contributed by atoms with E-state index in [-0.39, 0.29) is 17.2 Å². The zero-order valence-corrected chi connectivity index (χ0v) is 20.2. The second kappa shape index (κ2) is 8.23. The Kier molecular flexibility index (Phi) is 5.11. The van der Waals surface area contributed by atoms with Gasteiger partial charge in [0.15, 0.2) is 5.78 Å². The van der Waals surface area contributed by atoms with Crippen LogP contribution < -0.4 is 4.90 Å². The molecule has 0 saturated carbocycles. The third kappa shape index (κ3) is 3.23. The minimum atomic E-state index is -0.983. The molecule has 0 unspecified atom stereocenters. The molecule has 3 aromatic carbocycles. The summed E-state index contributed by atoms with van der Waals surface area (Å²) in [5.41, 5.74) is 2.14. The van der Waals surface area contributed by atoms with Gasteiger partial charge in [-0.3, -0.25) is 24.5 Å². The summed E-state index contributed by atoms with van der Waals surface area (Å²) < 4.78 is 0.807. The number of nitro groups is 1. The Bertz CT molecular complexity index is 1480. The van der Waals surface area contributed by atoms with E-state index in [2.05, 4.69) is 15.9 Å². The third-order valence-corrected chi connectivity index (χ3v) is 7.69. The number of hydrogen-bond donors (Lipinski definition) is 0. The monoisotopic (exact) mass is 543 g/mol. The van der Waals surface area contributed by atoms with Crippen molar-refractivity contribution in [3.8, 4) is 0 Å². The maximum Gasteiger partial charge on any atom is 0.270 e. The van der Waals surface area contributed by atoms with E-state index >= 15 is 0 Å². The number of hydrogen-bond acceptors (Lipinski definition) is 6. The van der Waals surface area contributed by atoms with E-state index in [1.54, 1.807) is 35.4 Å². The highest BCUT2D eigenvalue weighted by atomic mass is 79.9. The fourth-order valence-electron chi connectivity index (χ4n) is 5.65. The Labute approximate surface area is 214 Å². The van der Waals surface area contributed by atoms with Gasteiger partial charge in [-0.2, -0.15) is 0 Å². The second-order valence-corrected chi connectivity index (χ2v) is 9.91. The molecule has 8 nitrogen and oxygen atoms in total. The van der Waals surface area contributed by atoms with Crippen LogP contribution in [0.5, 0.6) is 0 Å². The SMILES string of the molecule is O=C(c1cccc([N+](=O)[O-])c1)[C@@H]1[C@@H]2C(=O)N(c3ccc(Br)cc3)C(=O)[C@H]2[C@@H]2c3ccccc3C=CN12. The predicted molar refractivity (Wildman–Crippen MR) is 135 cm³/mol. The van der Waals surface area contributed by atoms with E-state index in [4.69, 9.17) is 0 Å². The van der Waals surface area contributed by atoms with Crippen LogP contribution in [0.4, 0.5) is 11.4 Å². The molecule has 0 N–H and O–H groups in total. The molecule has 0 aromatic heterocycles. The van der Waals surface area contributed by atoms with Crippen molar-refractivity contribution in [1.29, 1.82) is 0 Å². The number of nitrogens with zero attached hydrogens (tertiary/aromatic N) is 3. The van der Waals surface area contributed by atoms with Crippen LogP contribution in [0, 0.1) is 22.0 Å². The first kappa shape index (κ1) is 22.4. The van der Waals surface area contributed by atoms with Crippen LogP contribution >= 0.6 is 15.9 Å². The Morgan fingerprint density at radius 3 is 2.39 bits per heavy atom. The van der Waals surface area contributed by atoms with Gasteiger partial charge in [0.2, 0.25) is 11.8 Å². The predicted octanol–water partition coefficient (Wildman–Crippen LogP) is 4.76. The van der Waals surface area contributed by atoms with Gasteiger partial charge in [-0.25, -0.2) is 4.90 Å². The van der Waals surface area contributed by atoms with E-state index in [0.29, 0.717) is 5.69 Å². The van der Waals surface area contributed by atoms with Gasteiger partial charge in [-0.05, 0) is 41.5 Å². The maximum absolute atomic E-state index is 13.9. The number of non-ortho nitro benzene ring substituents is 1. The normalized spacial score (nSPS) is 23.9. The highest BCUT2D eigenvalue weighted by Crippen LogP contribution is 2.53. The van der Waals surface area contributed by atoms with Crippen LogP contribution in [0.2, 0.25) is 0 Å². The van der Waals surface area contributed by atoms with Crippen molar-refractivity contribution in [2.24, 2.45) is 11.8 Å². The molecule has 3 aliphatic rings. The lowest BCUT2D eigenvalue weighted by Crippen LogP contribution is -2.44. The lowest BCUT2D eigenvalue weighted by molar-refractivity contribution is -0.384. The molecule has 2 fully saturated rings. The largest absolute Gasteiger partial charge is 0.358 e. The van der Waals surface area contributed by atoms with Gasteiger partial charge in [0.1, 0.15) is 6.04 Å². The average molecular weight is 544 g/mol. The van der Waals surface area contributed by atoms with Crippen molar-refractivity contribution < 1.29 is 19.3 Å². The summed E-state index contributed by atoms with van der Waals surface area (Å²) in [4.78, 5) is 55.3. The molecule has 36 heavy (non-hydrogen) atoms. The fourth-order valence-corrected chi connectivity index (χ4v) is 5.91. The van der Waals surface area contributed by atoms with Crippen LogP contribution in [0.25, 0.3) is 6.08 Å². The lowest BCUT2D eigenvalue weighted by atomic mass is 9.83. The Morgan fingerprint density at radius 1 is 0.917 bits per heavy atom. The van der Waals surface area contributed by atoms with Crippen LogP contribution in [0.15, 0.2) is 83.5 Å². The molecule has 4 atom stereocenters. The van der Waals surface area contributed by atoms with E-state index in [1.165, 1.54) is 29.2 Å². The van der Waals surface area contributed by atoms with Gasteiger partial charge in [0.25, 0.3) is 5.69 Å². The van der Waals surface area contributed by atoms with Gasteiger partial charge in [-0.1, -0.05) is 52.3 Å². The second-order valence-electron chi connectivity index (χ2n) is 8.99. The number of anilines is 1. The first-order valence-electron chi connectivity index (χ1n) is 11.3. The molecule has 0 aliphatic carbocycles. The van der Waals surface area contributed by atoms with Gasteiger partial charge in [-0.15, -0.1) is 0 Å². The van der Waals surface area contributed by atoms with Crippen molar-refractivity contribution >= 4 is 51.0 Å². The van der Waals surface area contributed by atoms with Crippen molar-refractivity contribution in [3.05, 3.63) is 110 Å². The molecule has 3 aromatic rings. The summed E-state index contributed by atoms with van der Waals surface area (Å²) >= 11 is 3.37. The first-order chi connectivity index (χ1) is 17.4. The Hall–Kier alpha value is -4.11. The highest BCUT2D eigenvalue weighted by Gasteiger charge is 2.64. The minimum absolute atomic E-state index is 0.128. The summed E-state index contributed by atoms with van der Waals surface area (Å²) in [6.07, 6.45) is 3.62. The molecular formula is C27H18BrN3O5. The zero-order chi connectivity index (χ0) is 25.1. The molecule has 2 amide bonds. The van der Waals surface area contributed by atoms with E-state index < -0.39 is 40.5 Å². The van der Waals surface area contributed by atoms with Gasteiger partial charge in [0.05, 0.1) is 28.5 Å². The molecule has 0 radical (unpaired) electrons. The average Bonchev–Trinajstić information content (AvgIpc) is 3.37. The van der Waals surface area contributed by atoms with E-state index in [0.717, 1.165) is 15.6 Å². The minimum Gasteiger partial charge on any atom is -0.358 e. The molecule has 3 aliphatic heterocycles.